The molecule has 0 saturated heterocycles. The number of hydrogen-bond acceptors (Lipinski definition) is 5. The molecule has 0 atom stereocenters. The lowest BCUT2D eigenvalue weighted by Gasteiger charge is -2.15. The molecule has 2 rings (SSSR count). The molecule has 6 nitrogen and oxygen atoms in total. The maximum atomic E-state index is 13.4. The summed E-state index contributed by atoms with van der Waals surface area (Å²) in [5.41, 5.74) is 3.87. The second-order valence-electron chi connectivity index (χ2n) is 6.98. The van der Waals surface area contributed by atoms with Crippen molar-refractivity contribution < 1.29 is 32.3 Å². The molecule has 2 aromatic rings. The van der Waals surface area contributed by atoms with Crippen molar-refractivity contribution in [2.24, 2.45) is 0 Å². The topological polar surface area (TPSA) is 76.7 Å². The van der Waals surface area contributed by atoms with E-state index < -0.39 is 30.2 Å². The van der Waals surface area contributed by atoms with E-state index in [1.807, 2.05) is 6.92 Å². The van der Waals surface area contributed by atoms with E-state index in [2.05, 4.69) is 22.1 Å². The fourth-order valence-electron chi connectivity index (χ4n) is 2.54. The Balaban J connectivity index is 2.21. The van der Waals surface area contributed by atoms with Gasteiger partial charge in [-0.15, -0.1) is 0 Å². The molecule has 0 aliphatic rings. The van der Waals surface area contributed by atoms with Crippen LogP contribution in [-0.2, 0) is 27.2 Å². The highest BCUT2D eigenvalue weighted by molar-refractivity contribution is 6.05. The molecule has 1 amide bonds. The highest BCUT2D eigenvalue weighted by atomic mass is 19.4. The van der Waals surface area contributed by atoms with Crippen LogP contribution in [0, 0.1) is 6.92 Å². The van der Waals surface area contributed by atoms with Gasteiger partial charge in [-0.05, 0) is 43.7 Å². The summed E-state index contributed by atoms with van der Waals surface area (Å²) in [5.74, 6) is -1.29. The number of aryl methyl sites for hydroxylation is 1. The fourth-order valence-corrected chi connectivity index (χ4v) is 2.54. The molecule has 0 fully saturated rings. The molecule has 0 radical (unpaired) electrons. The van der Waals surface area contributed by atoms with Crippen LogP contribution in [0.5, 0.6) is 0 Å². The molecule has 2 aromatic carbocycles. The number of halogens is 3. The number of carbonyl (C=O) groups is 2. The molecule has 31 heavy (non-hydrogen) atoms. The molecule has 0 bridgehead atoms. The van der Waals surface area contributed by atoms with E-state index in [0.717, 1.165) is 30.2 Å². The summed E-state index contributed by atoms with van der Waals surface area (Å²) < 4.78 is 44.9. The first-order valence-corrected chi connectivity index (χ1v) is 9.25. The first-order chi connectivity index (χ1) is 14.5. The Morgan fingerprint density at radius 2 is 1.81 bits per heavy atom. The monoisotopic (exact) mass is 436 g/mol. The summed E-state index contributed by atoms with van der Waals surface area (Å²) in [6.07, 6.45) is -4.68. The van der Waals surface area contributed by atoms with Gasteiger partial charge in [-0.1, -0.05) is 24.3 Å². The summed E-state index contributed by atoms with van der Waals surface area (Å²) in [5, 5.41) is 2.45. The molecular formula is C22H23F3N2O4. The Hall–Kier alpha value is -3.33. The Labute approximate surface area is 178 Å². The van der Waals surface area contributed by atoms with Crippen molar-refractivity contribution in [2.45, 2.75) is 33.6 Å². The molecule has 0 aromatic heterocycles. The number of ether oxygens (including phenoxy) is 1. The van der Waals surface area contributed by atoms with Crippen molar-refractivity contribution in [2.75, 3.05) is 17.4 Å². The van der Waals surface area contributed by atoms with E-state index in [9.17, 15) is 22.8 Å². The Morgan fingerprint density at radius 1 is 1.10 bits per heavy atom. The van der Waals surface area contributed by atoms with Crippen LogP contribution in [0.15, 0.2) is 48.6 Å². The minimum atomic E-state index is -4.68. The van der Waals surface area contributed by atoms with Gasteiger partial charge >= 0.3 is 12.1 Å². The lowest BCUT2D eigenvalue weighted by Crippen LogP contribution is -2.16. The maximum absolute atomic E-state index is 13.4. The number of carbonyl (C=O) groups excluding carboxylic acids is 2. The van der Waals surface area contributed by atoms with Crippen LogP contribution in [0.4, 0.5) is 24.5 Å². The van der Waals surface area contributed by atoms with E-state index in [4.69, 9.17) is 4.84 Å². The van der Waals surface area contributed by atoms with Gasteiger partial charge < -0.3 is 10.1 Å². The first-order valence-electron chi connectivity index (χ1n) is 9.25. The molecule has 0 unspecified atom stereocenters. The Kier molecular flexibility index (Phi) is 7.82. The molecular weight excluding hydrogens is 413 g/mol. The van der Waals surface area contributed by atoms with Gasteiger partial charge in [0.05, 0.1) is 17.9 Å². The Bertz CT molecular complexity index is 987. The van der Waals surface area contributed by atoms with Gasteiger partial charge in [0.1, 0.15) is 6.61 Å². The zero-order valence-corrected chi connectivity index (χ0v) is 17.4. The van der Waals surface area contributed by atoms with Crippen molar-refractivity contribution in [3.8, 4) is 0 Å². The van der Waals surface area contributed by atoms with Crippen molar-refractivity contribution in [3.05, 3.63) is 70.8 Å². The zero-order chi connectivity index (χ0) is 23.2. The third-order valence-electron chi connectivity index (χ3n) is 4.10. The highest BCUT2D eigenvalue weighted by Crippen LogP contribution is 2.34. The molecule has 0 aliphatic heterocycles. The van der Waals surface area contributed by atoms with Crippen LogP contribution >= 0.6 is 0 Å². The van der Waals surface area contributed by atoms with Crippen LogP contribution in [0.3, 0.4) is 0 Å². The molecule has 0 aliphatic carbocycles. The van der Waals surface area contributed by atoms with E-state index in [0.29, 0.717) is 5.69 Å². The SMILES string of the molecule is C=C(C)CONc1cc(C(=O)Nc2ccc(COC(C)=O)c(C(F)(F)F)c2)ccc1C. The third kappa shape index (κ3) is 7.14. The lowest BCUT2D eigenvalue weighted by molar-refractivity contribution is -0.145. The minimum absolute atomic E-state index is 0.0440. The van der Waals surface area contributed by atoms with Gasteiger partial charge in [-0.3, -0.25) is 19.9 Å². The number of nitrogens with one attached hydrogen (secondary N) is 2. The predicted molar refractivity (Wildman–Crippen MR) is 110 cm³/mol. The summed E-state index contributed by atoms with van der Waals surface area (Å²) in [7, 11) is 0. The minimum Gasteiger partial charge on any atom is -0.461 e. The second-order valence-corrected chi connectivity index (χ2v) is 6.98. The summed E-state index contributed by atoms with van der Waals surface area (Å²) in [6.45, 7) is 8.19. The Morgan fingerprint density at radius 3 is 2.42 bits per heavy atom. The number of alkyl halides is 3. The average Bonchev–Trinajstić information content (AvgIpc) is 2.67. The molecule has 0 spiro atoms. The van der Waals surface area contributed by atoms with E-state index in [-0.39, 0.29) is 23.4 Å². The van der Waals surface area contributed by atoms with E-state index in [1.54, 1.807) is 19.1 Å². The van der Waals surface area contributed by atoms with Gasteiger partial charge in [0.2, 0.25) is 0 Å². The number of anilines is 2. The molecule has 0 saturated carbocycles. The van der Waals surface area contributed by atoms with E-state index >= 15 is 0 Å². The fraction of sp³-hybridized carbons (Fsp3) is 0.273. The van der Waals surface area contributed by atoms with Crippen LogP contribution in [0.2, 0.25) is 0 Å². The van der Waals surface area contributed by atoms with Crippen molar-refractivity contribution in [3.63, 3.8) is 0 Å². The van der Waals surface area contributed by atoms with Gasteiger partial charge in [-0.25, -0.2) is 0 Å². The number of amides is 1. The smallest absolute Gasteiger partial charge is 0.416 e. The van der Waals surface area contributed by atoms with Crippen molar-refractivity contribution >= 4 is 23.3 Å². The summed E-state index contributed by atoms with van der Waals surface area (Å²) >= 11 is 0. The third-order valence-corrected chi connectivity index (χ3v) is 4.10. The first kappa shape index (κ1) is 23.9. The summed E-state index contributed by atoms with van der Waals surface area (Å²) in [6, 6.07) is 8.05. The number of esters is 1. The number of hydrogen-bond donors (Lipinski definition) is 2. The van der Waals surface area contributed by atoms with Crippen LogP contribution < -0.4 is 10.8 Å². The number of rotatable bonds is 8. The van der Waals surface area contributed by atoms with Gasteiger partial charge in [-0.2, -0.15) is 13.2 Å². The predicted octanol–water partition coefficient (Wildman–Crippen LogP) is 5.25. The van der Waals surface area contributed by atoms with Crippen molar-refractivity contribution in [1.82, 2.24) is 0 Å². The van der Waals surface area contributed by atoms with Crippen LogP contribution in [-0.4, -0.2) is 18.5 Å². The van der Waals surface area contributed by atoms with Crippen molar-refractivity contribution in [1.29, 1.82) is 0 Å². The second kappa shape index (κ2) is 10.1. The van der Waals surface area contributed by atoms with Gasteiger partial charge in [0.25, 0.3) is 5.91 Å². The largest absolute Gasteiger partial charge is 0.461 e. The molecule has 0 heterocycles. The highest BCUT2D eigenvalue weighted by Gasteiger charge is 2.34. The lowest BCUT2D eigenvalue weighted by atomic mass is 10.1. The summed E-state index contributed by atoms with van der Waals surface area (Å²) in [4.78, 5) is 28.8. The van der Waals surface area contributed by atoms with Gasteiger partial charge in [0, 0.05) is 23.7 Å². The normalized spacial score (nSPS) is 11.0. The maximum Gasteiger partial charge on any atom is 0.416 e. The standard InChI is InChI=1S/C22H23F3N2O4/c1-13(2)11-31-27-20-9-16(6-5-14(20)3)21(29)26-18-8-7-17(12-30-15(4)28)19(10-18)22(23,24)25/h5-10,27H,1,11-12H2,2-4H3,(H,26,29). The number of benzene rings is 2. The van der Waals surface area contributed by atoms with E-state index in [1.165, 1.54) is 12.1 Å². The van der Waals surface area contributed by atoms with Crippen LogP contribution in [0.25, 0.3) is 0 Å². The zero-order valence-electron chi connectivity index (χ0n) is 17.4. The van der Waals surface area contributed by atoms with Crippen LogP contribution in [0.1, 0.15) is 40.9 Å². The quantitative estimate of drug-likeness (QED) is 0.336. The average molecular weight is 436 g/mol. The van der Waals surface area contributed by atoms with Gasteiger partial charge in [0.15, 0.2) is 0 Å². The molecule has 166 valence electrons. The molecule has 9 heteroatoms. The molecule has 2 N–H and O–H groups in total.